The number of nitrogens with zero attached hydrogens (tertiary/aromatic N) is 2. The van der Waals surface area contributed by atoms with Gasteiger partial charge in [0.2, 0.25) is 5.91 Å². The quantitative estimate of drug-likeness (QED) is 0.765. The van der Waals surface area contributed by atoms with Crippen molar-refractivity contribution >= 4 is 17.8 Å². The normalized spacial score (nSPS) is 22.3. The first kappa shape index (κ1) is 19.4. The van der Waals surface area contributed by atoms with Crippen LogP contribution in [-0.4, -0.2) is 59.0 Å². The number of carbonyl (C=O) groups excluding carboxylic acids is 3. The van der Waals surface area contributed by atoms with Gasteiger partial charge >= 0.3 is 0 Å². The molecule has 8 heteroatoms. The summed E-state index contributed by atoms with van der Waals surface area (Å²) in [5.41, 5.74) is -1.18. The molecule has 2 fully saturated rings. The van der Waals surface area contributed by atoms with Gasteiger partial charge in [-0.2, -0.15) is 0 Å². The average Bonchev–Trinajstić information content (AvgIpc) is 3.22. The zero-order valence-electron chi connectivity index (χ0n) is 15.9. The molecule has 1 aromatic heterocycles. The fraction of sp³-hybridized carbons (Fsp3) is 0.632. The third-order valence-electron chi connectivity index (χ3n) is 5.06. The van der Waals surface area contributed by atoms with Crippen molar-refractivity contribution in [3.8, 4) is 0 Å². The van der Waals surface area contributed by atoms with E-state index in [1.165, 1.54) is 17.2 Å². The maximum absolute atomic E-state index is 12.9. The molecule has 2 aliphatic rings. The van der Waals surface area contributed by atoms with Crippen LogP contribution in [0, 0.1) is 5.41 Å². The lowest BCUT2D eigenvalue weighted by Gasteiger charge is -2.44. The standard InChI is InChI=1S/C19H26N2O6/c1-18(2,3)11-15(22)20-8-6-19(7-9-20)21(13(12-27-19)17(24)25)16(23)14-5-4-10-26-14/h4-5,10,13H,6-9,11-12H2,1-3H3,(H,24,25)/p-1/t13-/m0/s1. The Balaban J connectivity index is 1.77. The lowest BCUT2D eigenvalue weighted by atomic mass is 9.90. The second kappa shape index (κ2) is 6.99. The van der Waals surface area contributed by atoms with E-state index in [1.807, 2.05) is 20.8 Å². The first-order valence-electron chi connectivity index (χ1n) is 9.13. The molecular weight excluding hydrogens is 352 g/mol. The first-order chi connectivity index (χ1) is 12.6. The Kier molecular flexibility index (Phi) is 5.03. The van der Waals surface area contributed by atoms with Crippen LogP contribution in [0.25, 0.3) is 0 Å². The van der Waals surface area contributed by atoms with Crippen LogP contribution in [0.5, 0.6) is 0 Å². The molecule has 0 aromatic carbocycles. The van der Waals surface area contributed by atoms with Crippen LogP contribution in [0.1, 0.15) is 50.6 Å². The third-order valence-corrected chi connectivity index (χ3v) is 5.06. The summed E-state index contributed by atoms with van der Waals surface area (Å²) in [6, 6.07) is 1.88. The zero-order valence-corrected chi connectivity index (χ0v) is 15.9. The highest BCUT2D eigenvalue weighted by molar-refractivity contribution is 5.95. The molecule has 3 rings (SSSR count). The minimum atomic E-state index is -1.36. The van der Waals surface area contributed by atoms with Gasteiger partial charge in [0.1, 0.15) is 5.72 Å². The summed E-state index contributed by atoms with van der Waals surface area (Å²) < 4.78 is 11.0. The number of hydrogen-bond donors (Lipinski definition) is 0. The molecule has 0 radical (unpaired) electrons. The second-order valence-electron chi connectivity index (χ2n) is 8.36. The molecule has 0 N–H and O–H groups in total. The Labute approximate surface area is 158 Å². The van der Waals surface area contributed by atoms with E-state index in [0.29, 0.717) is 32.4 Å². The fourth-order valence-electron chi connectivity index (χ4n) is 3.74. The minimum Gasteiger partial charge on any atom is -0.548 e. The molecule has 3 heterocycles. The molecule has 27 heavy (non-hydrogen) atoms. The minimum absolute atomic E-state index is 0.0516. The van der Waals surface area contributed by atoms with Crippen molar-refractivity contribution in [2.24, 2.45) is 5.41 Å². The van der Waals surface area contributed by atoms with E-state index < -0.39 is 23.6 Å². The van der Waals surface area contributed by atoms with E-state index in [9.17, 15) is 19.5 Å². The van der Waals surface area contributed by atoms with Gasteiger partial charge < -0.3 is 24.0 Å². The van der Waals surface area contributed by atoms with E-state index in [0.717, 1.165) is 0 Å². The number of likely N-dealkylation sites (tertiary alicyclic amines) is 1. The number of aliphatic carboxylic acids is 1. The van der Waals surface area contributed by atoms with Crippen molar-refractivity contribution in [2.45, 2.75) is 51.8 Å². The Bertz CT molecular complexity index is 713. The number of carboxylic acid groups (broad SMARTS) is 1. The molecule has 1 spiro atoms. The van der Waals surface area contributed by atoms with E-state index in [4.69, 9.17) is 9.15 Å². The number of hydrogen-bond acceptors (Lipinski definition) is 6. The van der Waals surface area contributed by atoms with Crippen LogP contribution < -0.4 is 5.11 Å². The van der Waals surface area contributed by atoms with Gasteiger partial charge in [0, 0.05) is 32.4 Å². The third kappa shape index (κ3) is 3.85. The monoisotopic (exact) mass is 377 g/mol. The van der Waals surface area contributed by atoms with Gasteiger partial charge in [-0.15, -0.1) is 0 Å². The van der Waals surface area contributed by atoms with Gasteiger partial charge in [0.15, 0.2) is 5.76 Å². The Morgan fingerprint density at radius 1 is 1.26 bits per heavy atom. The molecule has 0 bridgehead atoms. The molecule has 0 aliphatic carbocycles. The molecular formula is C19H25N2O6-. The molecule has 2 saturated heterocycles. The topological polar surface area (TPSA) is 103 Å². The summed E-state index contributed by atoms with van der Waals surface area (Å²) >= 11 is 0. The molecule has 148 valence electrons. The van der Waals surface area contributed by atoms with E-state index in [-0.39, 0.29) is 23.7 Å². The van der Waals surface area contributed by atoms with Gasteiger partial charge in [0.05, 0.1) is 24.9 Å². The van der Waals surface area contributed by atoms with Crippen LogP contribution in [0.15, 0.2) is 22.8 Å². The van der Waals surface area contributed by atoms with Gasteiger partial charge in [0.25, 0.3) is 5.91 Å². The first-order valence-corrected chi connectivity index (χ1v) is 9.13. The molecule has 0 unspecified atom stereocenters. The van der Waals surface area contributed by atoms with Crippen LogP contribution in [-0.2, 0) is 14.3 Å². The van der Waals surface area contributed by atoms with Crippen molar-refractivity contribution in [1.29, 1.82) is 0 Å². The Morgan fingerprint density at radius 3 is 2.44 bits per heavy atom. The number of ether oxygens (including phenoxy) is 1. The second-order valence-corrected chi connectivity index (χ2v) is 8.36. The van der Waals surface area contributed by atoms with Crippen molar-refractivity contribution in [3.63, 3.8) is 0 Å². The highest BCUT2D eigenvalue weighted by atomic mass is 16.5. The number of carboxylic acids is 1. The van der Waals surface area contributed by atoms with Gasteiger partial charge in [-0.3, -0.25) is 14.5 Å². The van der Waals surface area contributed by atoms with Crippen molar-refractivity contribution in [1.82, 2.24) is 9.80 Å². The summed E-state index contributed by atoms with van der Waals surface area (Å²) in [5.74, 6) is -1.80. The maximum Gasteiger partial charge on any atom is 0.292 e. The molecule has 2 aliphatic heterocycles. The molecule has 2 amide bonds. The molecule has 8 nitrogen and oxygen atoms in total. The predicted molar refractivity (Wildman–Crippen MR) is 92.2 cm³/mol. The Morgan fingerprint density at radius 2 is 1.93 bits per heavy atom. The Hall–Kier alpha value is -2.35. The molecule has 0 saturated carbocycles. The zero-order chi connectivity index (χ0) is 19.8. The lowest BCUT2D eigenvalue weighted by Crippen LogP contribution is -2.60. The highest BCUT2D eigenvalue weighted by Crippen LogP contribution is 2.38. The molecule has 1 atom stereocenters. The largest absolute Gasteiger partial charge is 0.548 e. The van der Waals surface area contributed by atoms with Crippen LogP contribution in [0.3, 0.4) is 0 Å². The van der Waals surface area contributed by atoms with Crippen LogP contribution in [0.4, 0.5) is 0 Å². The number of amides is 2. The van der Waals surface area contributed by atoms with Gasteiger partial charge in [-0.25, -0.2) is 0 Å². The van der Waals surface area contributed by atoms with Crippen molar-refractivity contribution in [2.75, 3.05) is 19.7 Å². The summed E-state index contributed by atoms with van der Waals surface area (Å²) in [6.07, 6.45) is 2.48. The highest BCUT2D eigenvalue weighted by Gasteiger charge is 2.53. The summed E-state index contributed by atoms with van der Waals surface area (Å²) in [6.45, 7) is 6.68. The van der Waals surface area contributed by atoms with Crippen molar-refractivity contribution in [3.05, 3.63) is 24.2 Å². The van der Waals surface area contributed by atoms with Crippen LogP contribution >= 0.6 is 0 Å². The van der Waals surface area contributed by atoms with Gasteiger partial charge in [-0.1, -0.05) is 20.8 Å². The number of piperidine rings is 1. The SMILES string of the molecule is CC(C)(C)CC(=O)N1CCC2(CC1)OC[C@@H](C(=O)[O-])N2C(=O)c1ccco1. The van der Waals surface area contributed by atoms with Crippen LogP contribution in [0.2, 0.25) is 0 Å². The summed E-state index contributed by atoms with van der Waals surface area (Å²) in [5, 5.41) is 11.6. The number of rotatable bonds is 3. The van der Waals surface area contributed by atoms with Crippen molar-refractivity contribution < 1.29 is 28.6 Å². The smallest absolute Gasteiger partial charge is 0.292 e. The summed E-state index contributed by atoms with van der Waals surface area (Å²) in [4.78, 5) is 39.9. The fourth-order valence-corrected chi connectivity index (χ4v) is 3.74. The van der Waals surface area contributed by atoms with E-state index in [1.54, 1.807) is 11.0 Å². The molecule has 1 aromatic rings. The number of furan rings is 1. The summed E-state index contributed by atoms with van der Waals surface area (Å²) in [7, 11) is 0. The number of carbonyl (C=O) groups is 3. The van der Waals surface area contributed by atoms with Gasteiger partial charge in [-0.05, 0) is 17.5 Å². The van der Waals surface area contributed by atoms with E-state index >= 15 is 0 Å². The average molecular weight is 377 g/mol. The predicted octanol–water partition coefficient (Wildman–Crippen LogP) is 0.625. The maximum atomic E-state index is 12.9. The lowest BCUT2D eigenvalue weighted by molar-refractivity contribution is -0.310. The van der Waals surface area contributed by atoms with E-state index in [2.05, 4.69) is 0 Å².